The molecular formula is C24H25F2N3O4. The van der Waals surface area contributed by atoms with Crippen molar-refractivity contribution in [1.82, 2.24) is 10.2 Å². The Labute approximate surface area is 189 Å². The lowest BCUT2D eigenvalue weighted by Gasteiger charge is -2.33. The number of nitro benzene ring substituents is 1. The van der Waals surface area contributed by atoms with Crippen molar-refractivity contribution in [2.75, 3.05) is 19.6 Å². The van der Waals surface area contributed by atoms with Crippen LogP contribution in [0, 0.1) is 27.7 Å². The van der Waals surface area contributed by atoms with Crippen LogP contribution in [0.1, 0.15) is 64.4 Å². The van der Waals surface area contributed by atoms with Gasteiger partial charge in [0.25, 0.3) is 11.6 Å². The van der Waals surface area contributed by atoms with Crippen LogP contribution < -0.4 is 5.32 Å². The maximum Gasteiger partial charge on any atom is 0.270 e. The average Bonchev–Trinajstić information content (AvgIpc) is 2.83. The molecule has 2 aliphatic rings. The summed E-state index contributed by atoms with van der Waals surface area (Å²) < 4.78 is 27.2. The van der Waals surface area contributed by atoms with Crippen molar-refractivity contribution < 1.29 is 23.3 Å². The normalized spacial score (nSPS) is 19.3. The van der Waals surface area contributed by atoms with E-state index in [1.165, 1.54) is 12.1 Å². The Balaban J connectivity index is 1.50. The quantitative estimate of drug-likeness (QED) is 0.408. The molecule has 7 nitrogen and oxygen atoms in total. The van der Waals surface area contributed by atoms with Crippen molar-refractivity contribution in [3.8, 4) is 0 Å². The van der Waals surface area contributed by atoms with Crippen molar-refractivity contribution in [3.05, 3.63) is 74.8 Å². The van der Waals surface area contributed by atoms with E-state index in [1.54, 1.807) is 11.0 Å². The molecule has 1 amide bonds. The van der Waals surface area contributed by atoms with Gasteiger partial charge in [0, 0.05) is 43.2 Å². The molecule has 2 heterocycles. The first-order valence-corrected chi connectivity index (χ1v) is 11.2. The van der Waals surface area contributed by atoms with Crippen molar-refractivity contribution in [3.63, 3.8) is 0 Å². The van der Waals surface area contributed by atoms with E-state index < -0.39 is 28.3 Å². The van der Waals surface area contributed by atoms with E-state index in [1.807, 2.05) is 0 Å². The van der Waals surface area contributed by atoms with Gasteiger partial charge in [-0.25, -0.2) is 8.78 Å². The standard InChI is InChI=1S/C24H25F2N3O4/c25-16-4-6-19(21(26)13-16)23(30)15-8-11-28(12-9-15)24(31)20-14-17(29(32)33)5-7-18(20)22-3-1-2-10-27-22/h4-7,13-15,22,27H,1-3,8-12H2. The SMILES string of the molecule is O=C(c1ccc(F)cc1F)C1CCN(C(=O)c2cc([N+](=O)[O-])ccc2C2CCCCN2)CC1. The Morgan fingerprint density at radius 3 is 2.39 bits per heavy atom. The predicted octanol–water partition coefficient (Wildman–Crippen LogP) is 4.42. The zero-order valence-electron chi connectivity index (χ0n) is 18.1. The van der Waals surface area contributed by atoms with Gasteiger partial charge in [-0.15, -0.1) is 0 Å². The van der Waals surface area contributed by atoms with Crippen LogP contribution in [-0.2, 0) is 0 Å². The van der Waals surface area contributed by atoms with Gasteiger partial charge in [0.1, 0.15) is 11.6 Å². The summed E-state index contributed by atoms with van der Waals surface area (Å²) in [5.74, 6) is -2.81. The molecule has 0 bridgehead atoms. The Bertz CT molecular complexity index is 1080. The molecule has 4 rings (SSSR count). The summed E-state index contributed by atoms with van der Waals surface area (Å²) in [5.41, 5.74) is 0.759. The molecule has 0 saturated carbocycles. The Kier molecular flexibility index (Phi) is 6.78. The molecule has 1 N–H and O–H groups in total. The van der Waals surface area contributed by atoms with Crippen molar-refractivity contribution in [2.45, 2.75) is 38.1 Å². The van der Waals surface area contributed by atoms with Gasteiger partial charge < -0.3 is 10.2 Å². The van der Waals surface area contributed by atoms with Gasteiger partial charge in [-0.3, -0.25) is 19.7 Å². The van der Waals surface area contributed by atoms with E-state index in [4.69, 9.17) is 0 Å². The van der Waals surface area contributed by atoms with Crippen LogP contribution in [0.25, 0.3) is 0 Å². The number of ketones is 1. The van der Waals surface area contributed by atoms with Crippen LogP contribution in [0.15, 0.2) is 36.4 Å². The molecule has 174 valence electrons. The molecule has 1 unspecified atom stereocenters. The number of hydrogen-bond acceptors (Lipinski definition) is 5. The number of likely N-dealkylation sites (tertiary alicyclic amines) is 1. The van der Waals surface area contributed by atoms with Crippen LogP contribution in [0.3, 0.4) is 0 Å². The topological polar surface area (TPSA) is 92.5 Å². The minimum Gasteiger partial charge on any atom is -0.339 e. The van der Waals surface area contributed by atoms with Crippen LogP contribution in [0.5, 0.6) is 0 Å². The number of hydrogen-bond donors (Lipinski definition) is 1. The lowest BCUT2D eigenvalue weighted by Crippen LogP contribution is -2.41. The molecule has 2 aromatic rings. The number of non-ortho nitro benzene ring substituents is 1. The summed E-state index contributed by atoms with van der Waals surface area (Å²) in [6, 6.07) is 7.26. The number of carbonyl (C=O) groups is 2. The molecule has 0 aromatic heterocycles. The highest BCUT2D eigenvalue weighted by atomic mass is 19.1. The molecule has 0 spiro atoms. The average molecular weight is 457 g/mol. The molecule has 0 aliphatic carbocycles. The highest BCUT2D eigenvalue weighted by Gasteiger charge is 2.32. The first-order valence-electron chi connectivity index (χ1n) is 11.2. The number of Topliss-reactive ketones (excluding diaryl/α,β-unsaturated/α-hetero) is 1. The molecule has 2 aliphatic heterocycles. The summed E-state index contributed by atoms with van der Waals surface area (Å²) in [6.45, 7) is 1.37. The molecule has 9 heteroatoms. The smallest absolute Gasteiger partial charge is 0.270 e. The van der Waals surface area contributed by atoms with Crippen LogP contribution in [0.2, 0.25) is 0 Å². The number of halogens is 2. The Morgan fingerprint density at radius 1 is 1.00 bits per heavy atom. The predicted molar refractivity (Wildman–Crippen MR) is 117 cm³/mol. The fourth-order valence-electron chi connectivity index (χ4n) is 4.69. The van der Waals surface area contributed by atoms with E-state index in [-0.39, 0.29) is 36.3 Å². The Hall–Kier alpha value is -3.20. The van der Waals surface area contributed by atoms with Gasteiger partial charge in [0.05, 0.1) is 16.1 Å². The van der Waals surface area contributed by atoms with E-state index in [2.05, 4.69) is 5.32 Å². The number of rotatable bonds is 5. The fourth-order valence-corrected chi connectivity index (χ4v) is 4.69. The van der Waals surface area contributed by atoms with Crippen molar-refractivity contribution in [2.24, 2.45) is 5.92 Å². The highest BCUT2D eigenvalue weighted by Crippen LogP contribution is 2.31. The van der Waals surface area contributed by atoms with Crippen molar-refractivity contribution >= 4 is 17.4 Å². The molecule has 0 radical (unpaired) electrons. The monoisotopic (exact) mass is 457 g/mol. The van der Waals surface area contributed by atoms with Crippen LogP contribution in [0.4, 0.5) is 14.5 Å². The van der Waals surface area contributed by atoms with E-state index >= 15 is 0 Å². The number of nitro groups is 1. The van der Waals surface area contributed by atoms with Gasteiger partial charge in [-0.05, 0) is 56.0 Å². The maximum atomic E-state index is 14.0. The largest absolute Gasteiger partial charge is 0.339 e. The third-order valence-corrected chi connectivity index (χ3v) is 6.51. The molecule has 33 heavy (non-hydrogen) atoms. The maximum absolute atomic E-state index is 14.0. The van der Waals surface area contributed by atoms with Gasteiger partial charge in [0.2, 0.25) is 0 Å². The van der Waals surface area contributed by atoms with E-state index in [0.29, 0.717) is 24.5 Å². The van der Waals surface area contributed by atoms with Gasteiger partial charge in [-0.2, -0.15) is 0 Å². The summed E-state index contributed by atoms with van der Waals surface area (Å²) in [4.78, 5) is 38.5. The number of carbonyl (C=O) groups excluding carboxylic acids is 2. The highest BCUT2D eigenvalue weighted by molar-refractivity contribution is 5.99. The second-order valence-corrected chi connectivity index (χ2v) is 8.59. The lowest BCUT2D eigenvalue weighted by molar-refractivity contribution is -0.384. The van der Waals surface area contributed by atoms with Crippen molar-refractivity contribution in [1.29, 1.82) is 0 Å². The summed E-state index contributed by atoms with van der Waals surface area (Å²) in [6.07, 6.45) is 3.58. The zero-order chi connectivity index (χ0) is 23.5. The third-order valence-electron chi connectivity index (χ3n) is 6.51. The van der Waals surface area contributed by atoms with Crippen LogP contribution >= 0.6 is 0 Å². The van der Waals surface area contributed by atoms with Gasteiger partial charge in [-0.1, -0.05) is 6.42 Å². The second kappa shape index (κ2) is 9.74. The summed E-state index contributed by atoms with van der Waals surface area (Å²) >= 11 is 0. The van der Waals surface area contributed by atoms with Gasteiger partial charge in [0.15, 0.2) is 5.78 Å². The fraction of sp³-hybridized carbons (Fsp3) is 0.417. The number of piperidine rings is 2. The minimum atomic E-state index is -0.889. The number of benzene rings is 2. The first kappa shape index (κ1) is 23.0. The van der Waals surface area contributed by atoms with Gasteiger partial charge >= 0.3 is 0 Å². The molecule has 2 aromatic carbocycles. The second-order valence-electron chi connectivity index (χ2n) is 8.59. The molecule has 2 fully saturated rings. The van der Waals surface area contributed by atoms with Crippen LogP contribution in [-0.4, -0.2) is 41.1 Å². The molecule has 1 atom stereocenters. The number of nitrogens with one attached hydrogen (secondary N) is 1. The first-order chi connectivity index (χ1) is 15.8. The molecular weight excluding hydrogens is 432 g/mol. The minimum absolute atomic E-state index is 0.0425. The zero-order valence-corrected chi connectivity index (χ0v) is 18.1. The summed E-state index contributed by atoms with van der Waals surface area (Å²) in [5, 5.41) is 14.7. The number of nitrogens with zero attached hydrogens (tertiary/aromatic N) is 2. The lowest BCUT2D eigenvalue weighted by atomic mass is 9.87. The third kappa shape index (κ3) is 4.93. The Morgan fingerprint density at radius 2 is 1.76 bits per heavy atom. The summed E-state index contributed by atoms with van der Waals surface area (Å²) in [7, 11) is 0. The number of amides is 1. The van der Waals surface area contributed by atoms with E-state index in [0.717, 1.165) is 43.5 Å². The molecule has 2 saturated heterocycles. The van der Waals surface area contributed by atoms with E-state index in [9.17, 15) is 28.5 Å².